The van der Waals surface area contributed by atoms with Crippen LogP contribution in [0.3, 0.4) is 0 Å². The minimum Gasteiger partial charge on any atom is -0.474 e. The van der Waals surface area contributed by atoms with Crippen molar-refractivity contribution < 1.29 is 18.7 Å². The zero-order chi connectivity index (χ0) is 20.1. The lowest BCUT2D eigenvalue weighted by atomic mass is 9.75. The van der Waals surface area contributed by atoms with Crippen molar-refractivity contribution >= 4 is 5.97 Å². The van der Waals surface area contributed by atoms with Crippen LogP contribution in [-0.2, 0) is 9.53 Å². The first-order chi connectivity index (χ1) is 13.4. The highest BCUT2D eigenvalue weighted by molar-refractivity contribution is 5.76. The van der Waals surface area contributed by atoms with E-state index in [1.165, 1.54) is 12.1 Å². The fourth-order valence-corrected chi connectivity index (χ4v) is 3.43. The molecule has 0 amide bonds. The van der Waals surface area contributed by atoms with E-state index in [-0.39, 0.29) is 17.6 Å². The van der Waals surface area contributed by atoms with Gasteiger partial charge in [-0.3, -0.25) is 4.79 Å². The molecule has 5 nitrogen and oxygen atoms in total. The maximum Gasteiger partial charge on any atom is 0.311 e. The van der Waals surface area contributed by atoms with Crippen molar-refractivity contribution in [3.05, 3.63) is 47.9 Å². The van der Waals surface area contributed by atoms with Crippen molar-refractivity contribution in [1.82, 2.24) is 4.98 Å². The molecule has 0 saturated heterocycles. The van der Waals surface area contributed by atoms with Gasteiger partial charge in [-0.05, 0) is 63.3 Å². The molecule has 1 aromatic carbocycles. The standard InChI is InChI=1S/C22H23FN2O3/c1-3-27-21(26)22(2)10-8-18(9-11-22)28-20-7-6-17(14-25-20)15-4-5-16(13-24)19(23)12-15/h4-7,12,14,18H,3,8-11H2,1-2H3. The van der Waals surface area contributed by atoms with E-state index in [1.54, 1.807) is 18.3 Å². The predicted molar refractivity (Wildman–Crippen MR) is 102 cm³/mol. The molecule has 1 saturated carbocycles. The third kappa shape index (κ3) is 4.30. The average molecular weight is 382 g/mol. The molecule has 3 rings (SSSR count). The molecule has 28 heavy (non-hydrogen) atoms. The number of aromatic nitrogens is 1. The Morgan fingerprint density at radius 2 is 2.00 bits per heavy atom. The minimum atomic E-state index is -0.549. The molecular weight excluding hydrogens is 359 g/mol. The summed E-state index contributed by atoms with van der Waals surface area (Å²) in [4.78, 5) is 16.4. The van der Waals surface area contributed by atoms with Crippen LogP contribution in [-0.4, -0.2) is 23.7 Å². The number of carbonyl (C=O) groups is 1. The fourth-order valence-electron chi connectivity index (χ4n) is 3.43. The molecule has 1 aromatic heterocycles. The molecule has 1 fully saturated rings. The van der Waals surface area contributed by atoms with Crippen molar-refractivity contribution in [2.75, 3.05) is 6.61 Å². The molecule has 0 unspecified atom stereocenters. The Bertz CT molecular complexity index is 882. The van der Waals surface area contributed by atoms with Gasteiger partial charge in [-0.2, -0.15) is 5.26 Å². The average Bonchev–Trinajstić information content (AvgIpc) is 2.70. The van der Waals surface area contributed by atoms with Crippen LogP contribution < -0.4 is 4.74 Å². The van der Waals surface area contributed by atoms with E-state index < -0.39 is 11.2 Å². The summed E-state index contributed by atoms with van der Waals surface area (Å²) in [7, 11) is 0. The summed E-state index contributed by atoms with van der Waals surface area (Å²) in [6.07, 6.45) is 4.60. The van der Waals surface area contributed by atoms with E-state index >= 15 is 0 Å². The Morgan fingerprint density at radius 3 is 2.57 bits per heavy atom. The Hall–Kier alpha value is -2.94. The van der Waals surface area contributed by atoms with Gasteiger partial charge in [0.05, 0.1) is 17.6 Å². The zero-order valence-electron chi connectivity index (χ0n) is 16.1. The van der Waals surface area contributed by atoms with Crippen molar-refractivity contribution in [3.63, 3.8) is 0 Å². The van der Waals surface area contributed by atoms with Gasteiger partial charge in [-0.25, -0.2) is 9.37 Å². The first kappa shape index (κ1) is 19.8. The van der Waals surface area contributed by atoms with Crippen LogP contribution in [0.5, 0.6) is 5.88 Å². The second-order valence-electron chi connectivity index (χ2n) is 7.29. The lowest BCUT2D eigenvalue weighted by molar-refractivity contribution is -0.157. The number of hydrogen-bond acceptors (Lipinski definition) is 5. The smallest absolute Gasteiger partial charge is 0.311 e. The number of benzene rings is 1. The van der Waals surface area contributed by atoms with Gasteiger partial charge in [-0.1, -0.05) is 6.07 Å². The van der Waals surface area contributed by atoms with Gasteiger partial charge >= 0.3 is 5.97 Å². The monoisotopic (exact) mass is 382 g/mol. The lowest BCUT2D eigenvalue weighted by Gasteiger charge is -2.35. The molecular formula is C22H23FN2O3. The van der Waals surface area contributed by atoms with Gasteiger partial charge in [0, 0.05) is 17.8 Å². The second kappa shape index (κ2) is 8.39. The fraction of sp³-hybridized carbons (Fsp3) is 0.409. The normalized spacial score (nSPS) is 21.6. The highest BCUT2D eigenvalue weighted by atomic mass is 19.1. The van der Waals surface area contributed by atoms with Crippen LogP contribution in [0.4, 0.5) is 4.39 Å². The molecule has 1 aliphatic carbocycles. The predicted octanol–water partition coefficient (Wildman–Crippen LogP) is 4.65. The molecule has 1 aliphatic rings. The van der Waals surface area contributed by atoms with E-state index in [0.717, 1.165) is 31.2 Å². The summed E-state index contributed by atoms with van der Waals surface area (Å²) in [6.45, 7) is 4.16. The highest BCUT2D eigenvalue weighted by Crippen LogP contribution is 2.38. The first-order valence-corrected chi connectivity index (χ1v) is 9.45. The number of hydrogen-bond donors (Lipinski definition) is 0. The van der Waals surface area contributed by atoms with E-state index in [4.69, 9.17) is 14.7 Å². The van der Waals surface area contributed by atoms with Crippen molar-refractivity contribution in [3.8, 4) is 23.1 Å². The quantitative estimate of drug-likeness (QED) is 0.704. The van der Waals surface area contributed by atoms with E-state index in [1.807, 2.05) is 26.0 Å². The van der Waals surface area contributed by atoms with Gasteiger partial charge in [0.2, 0.25) is 5.88 Å². The van der Waals surface area contributed by atoms with E-state index in [9.17, 15) is 9.18 Å². The van der Waals surface area contributed by atoms with Crippen LogP contribution in [0.1, 0.15) is 45.1 Å². The summed E-state index contributed by atoms with van der Waals surface area (Å²) in [5.74, 6) is -0.180. The summed E-state index contributed by atoms with van der Waals surface area (Å²) in [5.41, 5.74) is 0.976. The molecule has 0 atom stereocenters. The molecule has 2 aromatic rings. The van der Waals surface area contributed by atoms with Crippen molar-refractivity contribution in [2.24, 2.45) is 5.41 Å². The lowest BCUT2D eigenvalue weighted by Crippen LogP contribution is -2.37. The number of rotatable bonds is 5. The van der Waals surface area contributed by atoms with Crippen LogP contribution >= 0.6 is 0 Å². The molecule has 146 valence electrons. The third-order valence-corrected chi connectivity index (χ3v) is 5.25. The Balaban J connectivity index is 1.60. The largest absolute Gasteiger partial charge is 0.474 e. The van der Waals surface area contributed by atoms with Gasteiger partial charge in [0.15, 0.2) is 0 Å². The molecule has 1 heterocycles. The molecule has 0 radical (unpaired) electrons. The van der Waals surface area contributed by atoms with Gasteiger partial charge in [0.1, 0.15) is 18.0 Å². The Labute approximate surface area is 164 Å². The van der Waals surface area contributed by atoms with E-state index in [2.05, 4.69) is 4.98 Å². The molecule has 0 spiro atoms. The number of ether oxygens (including phenoxy) is 2. The number of nitrogens with zero attached hydrogens (tertiary/aromatic N) is 2. The highest BCUT2D eigenvalue weighted by Gasteiger charge is 2.39. The summed E-state index contributed by atoms with van der Waals surface area (Å²) < 4.78 is 24.9. The summed E-state index contributed by atoms with van der Waals surface area (Å²) in [6, 6.07) is 9.85. The molecule has 6 heteroatoms. The SMILES string of the molecule is CCOC(=O)C1(C)CCC(Oc2ccc(-c3ccc(C#N)c(F)c3)cn2)CC1. The van der Waals surface area contributed by atoms with Gasteiger partial charge in [0.25, 0.3) is 0 Å². The third-order valence-electron chi connectivity index (χ3n) is 5.25. The number of nitriles is 1. The number of halogens is 1. The molecule has 0 N–H and O–H groups in total. The van der Waals surface area contributed by atoms with E-state index in [0.29, 0.717) is 18.1 Å². The second-order valence-corrected chi connectivity index (χ2v) is 7.29. The summed E-state index contributed by atoms with van der Waals surface area (Å²) in [5, 5.41) is 8.82. The zero-order valence-corrected chi connectivity index (χ0v) is 16.1. The Kier molecular flexibility index (Phi) is 5.93. The maximum atomic E-state index is 13.8. The molecule has 0 aliphatic heterocycles. The first-order valence-electron chi connectivity index (χ1n) is 9.45. The minimum absolute atomic E-state index is 0.00760. The van der Waals surface area contributed by atoms with Crippen molar-refractivity contribution in [2.45, 2.75) is 45.6 Å². The number of pyridine rings is 1. The Morgan fingerprint density at radius 1 is 1.29 bits per heavy atom. The summed E-state index contributed by atoms with van der Waals surface area (Å²) >= 11 is 0. The molecule has 0 bridgehead atoms. The van der Waals surface area contributed by atoms with Gasteiger partial charge in [-0.15, -0.1) is 0 Å². The van der Waals surface area contributed by atoms with Gasteiger partial charge < -0.3 is 9.47 Å². The number of carbonyl (C=O) groups excluding carboxylic acids is 1. The van der Waals surface area contributed by atoms with Crippen molar-refractivity contribution in [1.29, 1.82) is 5.26 Å². The van der Waals surface area contributed by atoms with Crippen LogP contribution in [0.25, 0.3) is 11.1 Å². The number of esters is 1. The van der Waals surface area contributed by atoms with Crippen LogP contribution in [0.15, 0.2) is 36.5 Å². The van der Waals surface area contributed by atoms with Crippen LogP contribution in [0, 0.1) is 22.6 Å². The maximum absolute atomic E-state index is 13.8. The topological polar surface area (TPSA) is 72.2 Å². The van der Waals surface area contributed by atoms with Crippen LogP contribution in [0.2, 0.25) is 0 Å².